The summed E-state index contributed by atoms with van der Waals surface area (Å²) < 4.78 is 6.42. The first-order valence-electron chi connectivity index (χ1n) is 16.5. The molecule has 0 radical (unpaired) electrons. The highest BCUT2D eigenvalue weighted by Gasteiger charge is 2.16. The maximum atomic E-state index is 10.2. The number of hydrogen-bond donors (Lipinski definition) is 4. The molecule has 0 aliphatic rings. The normalized spacial score (nSPS) is 12.9. The summed E-state index contributed by atoms with van der Waals surface area (Å²) in [4.78, 5) is 0. The summed E-state index contributed by atoms with van der Waals surface area (Å²) in [7, 11) is 0. The van der Waals surface area contributed by atoms with E-state index in [9.17, 15) is 20.4 Å². The Morgan fingerprint density at radius 3 is 1.27 bits per heavy atom. The smallest absolute Gasteiger partial charge is 0.130 e. The molecule has 0 amide bonds. The minimum atomic E-state index is -0.855. The van der Waals surface area contributed by atoms with Crippen molar-refractivity contribution >= 4 is 0 Å². The van der Waals surface area contributed by atoms with Gasteiger partial charge < -0.3 is 25.2 Å². The molecule has 5 heteroatoms. The van der Waals surface area contributed by atoms with Crippen molar-refractivity contribution in [3.63, 3.8) is 0 Å². The quantitative estimate of drug-likeness (QED) is 0.0965. The monoisotopic (exact) mass is 570 g/mol. The number of unbranched alkanes of at least 4 members (excludes halogenated alkanes) is 12. The highest BCUT2D eigenvalue weighted by Crippen LogP contribution is 2.32. The van der Waals surface area contributed by atoms with Crippen molar-refractivity contribution in [1.29, 1.82) is 0 Å². The molecule has 2 atom stereocenters. The van der Waals surface area contributed by atoms with Crippen molar-refractivity contribution in [3.05, 3.63) is 58.7 Å². The zero-order valence-corrected chi connectivity index (χ0v) is 26.0. The van der Waals surface area contributed by atoms with Crippen molar-refractivity contribution in [2.45, 2.75) is 142 Å². The van der Waals surface area contributed by atoms with Gasteiger partial charge >= 0.3 is 0 Å². The number of aliphatic hydroxyl groups excluding tert-OH is 4. The lowest BCUT2D eigenvalue weighted by molar-refractivity contribution is 0.0945. The fraction of sp³-hybridized carbons (Fsp3) is 0.667. The predicted molar refractivity (Wildman–Crippen MR) is 170 cm³/mol. The lowest BCUT2D eigenvalue weighted by Gasteiger charge is -2.19. The minimum Gasteiger partial charge on any atom is -0.457 e. The van der Waals surface area contributed by atoms with Crippen LogP contribution in [0.15, 0.2) is 36.4 Å². The van der Waals surface area contributed by atoms with E-state index >= 15 is 0 Å². The predicted octanol–water partition coefficient (Wildman–Crippen LogP) is 7.86. The fourth-order valence-electron chi connectivity index (χ4n) is 5.42. The summed E-state index contributed by atoms with van der Waals surface area (Å²) in [5.41, 5.74) is 4.17. The van der Waals surface area contributed by atoms with Crippen molar-refractivity contribution in [1.82, 2.24) is 0 Å². The Kier molecular flexibility index (Phi) is 18.7. The molecule has 0 saturated carbocycles. The molecule has 0 aromatic heterocycles. The van der Waals surface area contributed by atoms with Crippen LogP contribution in [0.25, 0.3) is 0 Å². The van der Waals surface area contributed by atoms with Crippen molar-refractivity contribution < 1.29 is 25.2 Å². The van der Waals surface area contributed by atoms with Gasteiger partial charge in [-0.15, -0.1) is 0 Å². The molecule has 0 heterocycles. The van der Waals surface area contributed by atoms with E-state index in [0.717, 1.165) is 36.8 Å². The summed E-state index contributed by atoms with van der Waals surface area (Å²) >= 11 is 0. The Morgan fingerprint density at radius 2 is 0.902 bits per heavy atom. The standard InChI is InChI=1S/C36H58O5/c1-3-5-7-9-11-13-15-17-29-19-21-35(31(23-29)25-33(39)27-37)41-36-22-20-30(24-32(36)26-34(40)28-38)18-16-14-12-10-8-6-4-2/h19-24,33-34,37-40H,3-18,25-28H2,1-2H3. The third kappa shape index (κ3) is 14.7. The zero-order chi connectivity index (χ0) is 29.7. The van der Waals surface area contributed by atoms with Gasteiger partial charge in [-0.2, -0.15) is 0 Å². The molecule has 5 nitrogen and oxygen atoms in total. The second-order valence-electron chi connectivity index (χ2n) is 11.8. The summed E-state index contributed by atoms with van der Waals surface area (Å²) in [5, 5.41) is 39.5. The van der Waals surface area contributed by atoms with Crippen LogP contribution in [0.3, 0.4) is 0 Å². The minimum absolute atomic E-state index is 0.303. The lowest BCUT2D eigenvalue weighted by atomic mass is 9.98. The van der Waals surface area contributed by atoms with Crippen LogP contribution >= 0.6 is 0 Å². The Bertz CT molecular complexity index is 868. The maximum Gasteiger partial charge on any atom is 0.130 e. The van der Waals surface area contributed by atoms with E-state index in [4.69, 9.17) is 4.74 Å². The number of rotatable bonds is 24. The number of aryl methyl sites for hydroxylation is 2. The van der Waals surface area contributed by atoms with Gasteiger partial charge in [0, 0.05) is 12.8 Å². The Hall–Kier alpha value is -1.92. The summed E-state index contributed by atoms with van der Waals surface area (Å²) in [6, 6.07) is 12.3. The molecule has 0 aliphatic heterocycles. The van der Waals surface area contributed by atoms with Gasteiger partial charge in [-0.1, -0.05) is 115 Å². The number of benzene rings is 2. The second-order valence-corrected chi connectivity index (χ2v) is 11.8. The van der Waals surface area contributed by atoms with Crippen LogP contribution in [-0.4, -0.2) is 45.8 Å². The van der Waals surface area contributed by atoms with Crippen molar-refractivity contribution in [2.24, 2.45) is 0 Å². The van der Waals surface area contributed by atoms with Crippen LogP contribution in [-0.2, 0) is 25.7 Å². The van der Waals surface area contributed by atoms with Crippen LogP contribution in [0, 0.1) is 0 Å². The van der Waals surface area contributed by atoms with E-state index in [2.05, 4.69) is 38.1 Å². The number of hydrogen-bond acceptors (Lipinski definition) is 5. The van der Waals surface area contributed by atoms with Crippen LogP contribution in [0.2, 0.25) is 0 Å². The van der Waals surface area contributed by atoms with Gasteiger partial charge in [0.05, 0.1) is 25.4 Å². The molecule has 2 aromatic carbocycles. The summed E-state index contributed by atoms with van der Waals surface area (Å²) in [6.07, 6.45) is 18.6. The highest BCUT2D eigenvalue weighted by atomic mass is 16.5. The van der Waals surface area contributed by atoms with E-state index in [1.807, 2.05) is 12.1 Å². The van der Waals surface area contributed by atoms with Gasteiger partial charge in [-0.25, -0.2) is 0 Å². The topological polar surface area (TPSA) is 90.2 Å². The molecule has 0 bridgehead atoms. The third-order valence-corrected chi connectivity index (χ3v) is 7.94. The Morgan fingerprint density at radius 1 is 0.537 bits per heavy atom. The SMILES string of the molecule is CCCCCCCCCc1ccc(Oc2ccc(CCCCCCCCC)cc2CC(O)CO)c(CC(O)CO)c1. The largest absolute Gasteiger partial charge is 0.457 e. The lowest BCUT2D eigenvalue weighted by Crippen LogP contribution is -2.16. The van der Waals surface area contributed by atoms with E-state index in [-0.39, 0.29) is 13.2 Å². The molecular formula is C36H58O5. The van der Waals surface area contributed by atoms with Gasteiger partial charge in [-0.3, -0.25) is 0 Å². The second kappa shape index (κ2) is 21.7. The molecule has 0 fully saturated rings. The zero-order valence-electron chi connectivity index (χ0n) is 26.0. The fourth-order valence-corrected chi connectivity index (χ4v) is 5.42. The van der Waals surface area contributed by atoms with Crippen molar-refractivity contribution in [3.8, 4) is 11.5 Å². The third-order valence-electron chi connectivity index (χ3n) is 7.94. The average Bonchev–Trinajstić information content (AvgIpc) is 2.98. The Labute approximate surface area is 250 Å². The first-order valence-corrected chi connectivity index (χ1v) is 16.5. The first-order chi connectivity index (χ1) is 20.0. The van der Waals surface area contributed by atoms with Gasteiger partial charge in [0.2, 0.25) is 0 Å². The average molecular weight is 571 g/mol. The Balaban J connectivity index is 2.10. The van der Waals surface area contributed by atoms with E-state index < -0.39 is 12.2 Å². The molecule has 2 rings (SSSR count). The van der Waals surface area contributed by atoms with Crippen LogP contribution < -0.4 is 4.74 Å². The van der Waals surface area contributed by atoms with E-state index in [1.54, 1.807) is 0 Å². The first kappa shape index (κ1) is 35.3. The number of aliphatic hydroxyl groups is 4. The van der Waals surface area contributed by atoms with Crippen LogP contribution in [0.5, 0.6) is 11.5 Å². The summed E-state index contributed by atoms with van der Waals surface area (Å²) in [6.45, 7) is 3.88. The maximum absolute atomic E-state index is 10.2. The van der Waals surface area contributed by atoms with Gasteiger partial charge in [-0.05, 0) is 60.1 Å². The van der Waals surface area contributed by atoms with Crippen LogP contribution in [0.1, 0.15) is 126 Å². The molecule has 232 valence electrons. The molecule has 4 N–H and O–H groups in total. The molecule has 2 aromatic rings. The summed E-state index contributed by atoms with van der Waals surface area (Å²) in [5.74, 6) is 1.31. The van der Waals surface area contributed by atoms with Crippen LogP contribution in [0.4, 0.5) is 0 Å². The van der Waals surface area contributed by atoms with Gasteiger partial charge in [0.25, 0.3) is 0 Å². The molecule has 0 saturated heterocycles. The molecule has 0 aliphatic carbocycles. The molecule has 41 heavy (non-hydrogen) atoms. The van der Waals surface area contributed by atoms with E-state index in [1.165, 1.54) is 88.2 Å². The van der Waals surface area contributed by atoms with Gasteiger partial charge in [0.15, 0.2) is 0 Å². The molecule has 0 spiro atoms. The van der Waals surface area contributed by atoms with Gasteiger partial charge in [0.1, 0.15) is 11.5 Å². The number of ether oxygens (including phenoxy) is 1. The van der Waals surface area contributed by atoms with E-state index in [0.29, 0.717) is 24.3 Å². The molecule has 2 unspecified atom stereocenters. The highest BCUT2D eigenvalue weighted by molar-refractivity contribution is 5.45. The van der Waals surface area contributed by atoms with Crippen molar-refractivity contribution in [2.75, 3.05) is 13.2 Å². The molecular weight excluding hydrogens is 512 g/mol.